The molecule has 5 nitrogen and oxygen atoms in total. The highest BCUT2D eigenvalue weighted by Gasteiger charge is 2.23. The summed E-state index contributed by atoms with van der Waals surface area (Å²) in [5.74, 6) is 0.103. The summed E-state index contributed by atoms with van der Waals surface area (Å²) < 4.78 is 1.80. The van der Waals surface area contributed by atoms with Gasteiger partial charge in [0.25, 0.3) is 0 Å². The van der Waals surface area contributed by atoms with Crippen LogP contribution in [0.25, 0.3) is 10.9 Å². The summed E-state index contributed by atoms with van der Waals surface area (Å²) in [5.41, 5.74) is 4.64. The second-order valence-electron chi connectivity index (χ2n) is 6.38. The number of fused-ring (bicyclic) bond motifs is 1. The van der Waals surface area contributed by atoms with Crippen LogP contribution in [0.3, 0.4) is 0 Å². The number of nitrogens with zero attached hydrogens (tertiary/aromatic N) is 3. The standard InChI is InChI=1S/C19H21ClN4O/c1-10-6-8-15(20)14-7-9-16(21-18(10)14)22-19(25)11(2)17-12(3)23-24(5)13(17)4/h6-9,11H,1-5H3,(H,21,22,25). The van der Waals surface area contributed by atoms with Crippen molar-refractivity contribution in [3.63, 3.8) is 0 Å². The van der Waals surface area contributed by atoms with Crippen LogP contribution in [0.4, 0.5) is 5.82 Å². The minimum absolute atomic E-state index is 0.106. The first-order chi connectivity index (χ1) is 11.8. The number of anilines is 1. The highest BCUT2D eigenvalue weighted by Crippen LogP contribution is 2.27. The van der Waals surface area contributed by atoms with E-state index < -0.39 is 0 Å². The zero-order valence-corrected chi connectivity index (χ0v) is 15.8. The monoisotopic (exact) mass is 356 g/mol. The van der Waals surface area contributed by atoms with Crippen molar-refractivity contribution in [3.05, 3.63) is 51.8 Å². The molecule has 0 spiro atoms. The number of halogens is 1. The summed E-state index contributed by atoms with van der Waals surface area (Å²) in [4.78, 5) is 17.3. The average molecular weight is 357 g/mol. The molecular weight excluding hydrogens is 336 g/mol. The topological polar surface area (TPSA) is 59.8 Å². The number of carbonyl (C=O) groups is 1. The van der Waals surface area contributed by atoms with Crippen molar-refractivity contribution in [3.8, 4) is 0 Å². The van der Waals surface area contributed by atoms with Crippen molar-refractivity contribution >= 4 is 34.2 Å². The fraction of sp³-hybridized carbons (Fsp3) is 0.316. The van der Waals surface area contributed by atoms with E-state index in [1.165, 1.54) is 0 Å². The van der Waals surface area contributed by atoms with E-state index in [9.17, 15) is 4.79 Å². The molecule has 25 heavy (non-hydrogen) atoms. The Morgan fingerprint density at radius 3 is 2.56 bits per heavy atom. The molecule has 0 radical (unpaired) electrons. The highest BCUT2D eigenvalue weighted by molar-refractivity contribution is 6.35. The van der Waals surface area contributed by atoms with E-state index >= 15 is 0 Å². The number of pyridine rings is 1. The molecule has 0 saturated heterocycles. The predicted molar refractivity (Wildman–Crippen MR) is 101 cm³/mol. The fourth-order valence-corrected chi connectivity index (χ4v) is 3.39. The van der Waals surface area contributed by atoms with Crippen LogP contribution in [-0.4, -0.2) is 20.7 Å². The molecule has 6 heteroatoms. The Bertz CT molecular complexity index is 977. The lowest BCUT2D eigenvalue weighted by Gasteiger charge is -2.13. The highest BCUT2D eigenvalue weighted by atomic mass is 35.5. The van der Waals surface area contributed by atoms with Crippen molar-refractivity contribution in [1.82, 2.24) is 14.8 Å². The number of amides is 1. The normalized spacial score (nSPS) is 12.4. The SMILES string of the molecule is Cc1nn(C)c(C)c1C(C)C(=O)Nc1ccc2c(Cl)ccc(C)c2n1. The zero-order chi connectivity index (χ0) is 18.3. The molecule has 0 fully saturated rings. The predicted octanol–water partition coefficient (Wildman–Crippen LogP) is 4.29. The summed E-state index contributed by atoms with van der Waals surface area (Å²) >= 11 is 6.22. The van der Waals surface area contributed by atoms with Crippen LogP contribution < -0.4 is 5.32 Å². The minimum atomic E-state index is -0.313. The fourth-order valence-electron chi connectivity index (χ4n) is 3.17. The van der Waals surface area contributed by atoms with Crippen LogP contribution >= 0.6 is 11.6 Å². The molecular formula is C19H21ClN4O. The molecule has 2 heterocycles. The lowest BCUT2D eigenvalue weighted by Crippen LogP contribution is -2.20. The van der Waals surface area contributed by atoms with Gasteiger partial charge in [-0.3, -0.25) is 9.48 Å². The summed E-state index contributed by atoms with van der Waals surface area (Å²) in [6.45, 7) is 7.75. The number of rotatable bonds is 3. The maximum Gasteiger partial charge on any atom is 0.232 e. The van der Waals surface area contributed by atoms with Crippen LogP contribution in [0, 0.1) is 20.8 Å². The van der Waals surface area contributed by atoms with Gasteiger partial charge >= 0.3 is 0 Å². The van der Waals surface area contributed by atoms with Crippen LogP contribution in [0.1, 0.15) is 35.4 Å². The number of aryl methyl sites for hydroxylation is 3. The number of carbonyl (C=O) groups excluding carboxylic acids is 1. The molecule has 1 atom stereocenters. The van der Waals surface area contributed by atoms with Gasteiger partial charge in [0.05, 0.1) is 17.1 Å². The molecule has 0 aliphatic heterocycles. The third-order valence-corrected chi connectivity index (χ3v) is 4.98. The Balaban J connectivity index is 1.90. The minimum Gasteiger partial charge on any atom is -0.310 e. The second-order valence-corrected chi connectivity index (χ2v) is 6.78. The molecule has 1 unspecified atom stereocenters. The number of aromatic nitrogens is 3. The van der Waals surface area contributed by atoms with Crippen LogP contribution in [-0.2, 0) is 11.8 Å². The molecule has 130 valence electrons. The van der Waals surface area contributed by atoms with Crippen molar-refractivity contribution < 1.29 is 4.79 Å². The maximum absolute atomic E-state index is 12.7. The van der Waals surface area contributed by atoms with Crippen molar-refractivity contribution in [2.45, 2.75) is 33.6 Å². The van der Waals surface area contributed by atoms with E-state index in [1.807, 2.05) is 52.9 Å². The molecule has 0 aliphatic carbocycles. The Kier molecular flexibility index (Phi) is 4.52. The van der Waals surface area contributed by atoms with Gasteiger partial charge in [-0.05, 0) is 51.5 Å². The van der Waals surface area contributed by atoms with E-state index in [4.69, 9.17) is 11.6 Å². The van der Waals surface area contributed by atoms with Gasteiger partial charge in [-0.15, -0.1) is 0 Å². The third-order valence-electron chi connectivity index (χ3n) is 4.65. The number of benzene rings is 1. The van der Waals surface area contributed by atoms with Crippen molar-refractivity contribution in [2.24, 2.45) is 7.05 Å². The molecule has 0 saturated carbocycles. The molecule has 0 aliphatic rings. The van der Waals surface area contributed by atoms with Gasteiger partial charge in [0.1, 0.15) is 5.82 Å². The molecule has 1 aromatic carbocycles. The summed E-state index contributed by atoms with van der Waals surface area (Å²) in [6, 6.07) is 7.45. The Hall–Kier alpha value is -2.40. The third kappa shape index (κ3) is 3.12. The van der Waals surface area contributed by atoms with Crippen LogP contribution in [0.15, 0.2) is 24.3 Å². The van der Waals surface area contributed by atoms with Crippen molar-refractivity contribution in [1.29, 1.82) is 0 Å². The van der Waals surface area contributed by atoms with E-state index in [0.29, 0.717) is 10.8 Å². The van der Waals surface area contributed by atoms with Crippen molar-refractivity contribution in [2.75, 3.05) is 5.32 Å². The smallest absolute Gasteiger partial charge is 0.232 e. The largest absolute Gasteiger partial charge is 0.310 e. The van der Waals surface area contributed by atoms with Gasteiger partial charge in [-0.25, -0.2) is 4.98 Å². The van der Waals surface area contributed by atoms with E-state index in [1.54, 1.807) is 10.7 Å². The number of hydrogen-bond donors (Lipinski definition) is 1. The zero-order valence-electron chi connectivity index (χ0n) is 15.0. The van der Waals surface area contributed by atoms with E-state index in [0.717, 1.165) is 33.4 Å². The summed E-state index contributed by atoms with van der Waals surface area (Å²) in [6.07, 6.45) is 0. The molecule has 2 aromatic heterocycles. The maximum atomic E-state index is 12.7. The van der Waals surface area contributed by atoms with Gasteiger partial charge < -0.3 is 5.32 Å². The van der Waals surface area contributed by atoms with Gasteiger partial charge in [0, 0.05) is 28.7 Å². The van der Waals surface area contributed by atoms with Gasteiger partial charge in [0.2, 0.25) is 5.91 Å². The number of nitrogens with one attached hydrogen (secondary N) is 1. The molecule has 3 aromatic rings. The van der Waals surface area contributed by atoms with Crippen LogP contribution in [0.5, 0.6) is 0 Å². The second kappa shape index (κ2) is 6.48. The first kappa shape index (κ1) is 17.4. The Labute approximate surface area is 152 Å². The van der Waals surface area contributed by atoms with Gasteiger partial charge in [-0.1, -0.05) is 17.7 Å². The van der Waals surface area contributed by atoms with E-state index in [-0.39, 0.29) is 11.8 Å². The van der Waals surface area contributed by atoms with E-state index in [2.05, 4.69) is 15.4 Å². The first-order valence-corrected chi connectivity index (χ1v) is 8.54. The van der Waals surface area contributed by atoms with Gasteiger partial charge in [0.15, 0.2) is 0 Å². The molecule has 1 amide bonds. The Morgan fingerprint density at radius 1 is 1.20 bits per heavy atom. The average Bonchev–Trinajstić information content (AvgIpc) is 2.83. The van der Waals surface area contributed by atoms with Gasteiger partial charge in [-0.2, -0.15) is 5.10 Å². The molecule has 1 N–H and O–H groups in total. The lowest BCUT2D eigenvalue weighted by molar-refractivity contribution is -0.117. The summed E-state index contributed by atoms with van der Waals surface area (Å²) in [5, 5.41) is 8.84. The molecule has 0 bridgehead atoms. The quantitative estimate of drug-likeness (QED) is 0.761. The number of hydrogen-bond acceptors (Lipinski definition) is 3. The molecule has 3 rings (SSSR count). The first-order valence-electron chi connectivity index (χ1n) is 8.16. The van der Waals surface area contributed by atoms with Crippen LogP contribution in [0.2, 0.25) is 5.02 Å². The summed E-state index contributed by atoms with van der Waals surface area (Å²) in [7, 11) is 1.88. The lowest BCUT2D eigenvalue weighted by atomic mass is 9.98. The Morgan fingerprint density at radius 2 is 1.92 bits per heavy atom.